The standard InChI is InChI=1S/C13H14F3N3O/c1-8(6-17)4-12(20)19-10-3-2-9(7-18)11(5-10)13(14,15)16/h2-3,5,8H,4,6,17H2,1H3,(H,19,20). The van der Waals surface area contributed by atoms with Crippen molar-refractivity contribution in [1.29, 1.82) is 5.26 Å². The molecule has 1 amide bonds. The number of hydrogen-bond donors (Lipinski definition) is 2. The average Bonchev–Trinajstić information content (AvgIpc) is 2.37. The lowest BCUT2D eigenvalue weighted by Gasteiger charge is -2.12. The van der Waals surface area contributed by atoms with Gasteiger partial charge in [0.05, 0.1) is 17.2 Å². The van der Waals surface area contributed by atoms with Gasteiger partial charge in [0.1, 0.15) is 0 Å². The van der Waals surface area contributed by atoms with Crippen LogP contribution in [0.25, 0.3) is 0 Å². The van der Waals surface area contributed by atoms with Crippen LogP contribution in [0.15, 0.2) is 18.2 Å². The molecule has 0 aromatic heterocycles. The molecular weight excluding hydrogens is 271 g/mol. The van der Waals surface area contributed by atoms with Gasteiger partial charge in [0.15, 0.2) is 0 Å². The van der Waals surface area contributed by atoms with Crippen molar-refractivity contribution in [1.82, 2.24) is 0 Å². The second-order valence-electron chi connectivity index (χ2n) is 4.46. The molecule has 0 aliphatic heterocycles. The number of amides is 1. The predicted molar refractivity (Wildman–Crippen MR) is 67.6 cm³/mol. The maximum Gasteiger partial charge on any atom is 0.417 e. The van der Waals surface area contributed by atoms with Crippen LogP contribution in [0.2, 0.25) is 0 Å². The molecule has 1 unspecified atom stereocenters. The number of nitrogens with zero attached hydrogens (tertiary/aromatic N) is 1. The summed E-state index contributed by atoms with van der Waals surface area (Å²) in [7, 11) is 0. The minimum atomic E-state index is -4.64. The van der Waals surface area contributed by atoms with Crippen LogP contribution < -0.4 is 11.1 Å². The maximum atomic E-state index is 12.7. The Hall–Kier alpha value is -2.07. The van der Waals surface area contributed by atoms with Crippen LogP contribution in [0.4, 0.5) is 18.9 Å². The first-order valence-electron chi connectivity index (χ1n) is 5.89. The van der Waals surface area contributed by atoms with Gasteiger partial charge < -0.3 is 11.1 Å². The Labute approximate surface area is 114 Å². The number of nitrogens with one attached hydrogen (secondary N) is 1. The third kappa shape index (κ3) is 4.24. The van der Waals surface area contributed by atoms with Crippen molar-refractivity contribution in [3.8, 4) is 6.07 Å². The predicted octanol–water partition coefficient (Wildman–Crippen LogP) is 2.50. The number of nitrogens with two attached hydrogens (primary N) is 1. The molecule has 4 nitrogen and oxygen atoms in total. The molecule has 0 radical (unpaired) electrons. The highest BCUT2D eigenvalue weighted by Gasteiger charge is 2.33. The van der Waals surface area contributed by atoms with Crippen molar-refractivity contribution in [2.45, 2.75) is 19.5 Å². The lowest BCUT2D eigenvalue weighted by molar-refractivity contribution is -0.137. The van der Waals surface area contributed by atoms with E-state index in [-0.39, 0.29) is 18.0 Å². The number of nitriles is 1. The molecule has 108 valence electrons. The van der Waals surface area contributed by atoms with Gasteiger partial charge in [0, 0.05) is 12.1 Å². The van der Waals surface area contributed by atoms with Crippen molar-refractivity contribution in [2.24, 2.45) is 11.7 Å². The summed E-state index contributed by atoms with van der Waals surface area (Å²) >= 11 is 0. The fraction of sp³-hybridized carbons (Fsp3) is 0.385. The summed E-state index contributed by atoms with van der Waals surface area (Å²) < 4.78 is 38.2. The summed E-state index contributed by atoms with van der Waals surface area (Å²) in [6.45, 7) is 2.08. The molecule has 0 saturated heterocycles. The van der Waals surface area contributed by atoms with Gasteiger partial charge in [0.2, 0.25) is 5.91 Å². The van der Waals surface area contributed by atoms with E-state index in [9.17, 15) is 18.0 Å². The highest BCUT2D eigenvalue weighted by atomic mass is 19.4. The molecule has 0 fully saturated rings. The second-order valence-corrected chi connectivity index (χ2v) is 4.46. The molecular formula is C13H14F3N3O. The van der Waals surface area contributed by atoms with Gasteiger partial charge in [-0.1, -0.05) is 6.92 Å². The van der Waals surface area contributed by atoms with Crippen LogP contribution in [0.5, 0.6) is 0 Å². The summed E-state index contributed by atoms with van der Waals surface area (Å²) in [6, 6.07) is 4.52. The second kappa shape index (κ2) is 6.39. The van der Waals surface area contributed by atoms with Crippen LogP contribution in [-0.2, 0) is 11.0 Å². The molecule has 0 aliphatic carbocycles. The number of benzene rings is 1. The Morgan fingerprint density at radius 3 is 2.65 bits per heavy atom. The van der Waals surface area contributed by atoms with Crippen LogP contribution >= 0.6 is 0 Å². The molecule has 1 aromatic rings. The summed E-state index contributed by atoms with van der Waals surface area (Å²) in [4.78, 5) is 11.6. The number of hydrogen-bond acceptors (Lipinski definition) is 3. The van der Waals surface area contributed by atoms with E-state index >= 15 is 0 Å². The number of carbonyl (C=O) groups is 1. The first-order chi connectivity index (χ1) is 9.27. The Morgan fingerprint density at radius 2 is 2.15 bits per heavy atom. The van der Waals surface area contributed by atoms with E-state index in [0.717, 1.165) is 12.1 Å². The van der Waals surface area contributed by atoms with Crippen molar-refractivity contribution in [3.63, 3.8) is 0 Å². The number of carbonyl (C=O) groups excluding carboxylic acids is 1. The van der Waals surface area contributed by atoms with Gasteiger partial charge in [0.25, 0.3) is 0 Å². The van der Waals surface area contributed by atoms with Crippen LogP contribution in [0, 0.1) is 17.2 Å². The fourth-order valence-electron chi connectivity index (χ4n) is 1.57. The number of alkyl halides is 3. The highest BCUT2D eigenvalue weighted by molar-refractivity contribution is 5.91. The van der Waals surface area contributed by atoms with Crippen LogP contribution in [0.3, 0.4) is 0 Å². The molecule has 0 spiro atoms. The van der Waals surface area contributed by atoms with Crippen molar-refractivity contribution in [3.05, 3.63) is 29.3 Å². The fourth-order valence-corrected chi connectivity index (χ4v) is 1.57. The molecule has 0 saturated carbocycles. The van der Waals surface area contributed by atoms with E-state index in [2.05, 4.69) is 5.32 Å². The smallest absolute Gasteiger partial charge is 0.330 e. The van der Waals surface area contributed by atoms with Gasteiger partial charge in [-0.3, -0.25) is 4.79 Å². The van der Waals surface area contributed by atoms with E-state index < -0.39 is 23.2 Å². The number of halogens is 3. The first kappa shape index (κ1) is 16.0. The summed E-state index contributed by atoms with van der Waals surface area (Å²) in [6.07, 6.45) is -4.52. The lowest BCUT2D eigenvalue weighted by atomic mass is 10.1. The van der Waals surface area contributed by atoms with Crippen molar-refractivity contribution in [2.75, 3.05) is 11.9 Å². The Balaban J connectivity index is 2.94. The van der Waals surface area contributed by atoms with Crippen LogP contribution in [-0.4, -0.2) is 12.5 Å². The SMILES string of the molecule is CC(CN)CC(=O)Nc1ccc(C#N)c(C(F)(F)F)c1. The Morgan fingerprint density at radius 1 is 1.50 bits per heavy atom. The largest absolute Gasteiger partial charge is 0.417 e. The quantitative estimate of drug-likeness (QED) is 0.892. The normalized spacial score (nSPS) is 12.6. The van der Waals surface area contributed by atoms with E-state index in [0.29, 0.717) is 6.54 Å². The van der Waals surface area contributed by atoms with Crippen LogP contribution in [0.1, 0.15) is 24.5 Å². The summed E-state index contributed by atoms with van der Waals surface area (Å²) in [5.41, 5.74) is 3.83. The zero-order valence-corrected chi connectivity index (χ0v) is 10.8. The zero-order chi connectivity index (χ0) is 15.3. The molecule has 0 aliphatic rings. The van der Waals surface area contributed by atoms with E-state index in [4.69, 9.17) is 11.0 Å². The molecule has 20 heavy (non-hydrogen) atoms. The third-order valence-electron chi connectivity index (χ3n) is 2.67. The van der Waals surface area contributed by atoms with E-state index in [1.54, 1.807) is 6.92 Å². The summed E-state index contributed by atoms with van der Waals surface area (Å²) in [5, 5.41) is 11.0. The van der Waals surface area contributed by atoms with Crippen molar-refractivity contribution < 1.29 is 18.0 Å². The number of rotatable bonds is 4. The molecule has 1 atom stereocenters. The van der Waals surface area contributed by atoms with Gasteiger partial charge in [-0.25, -0.2) is 0 Å². The van der Waals surface area contributed by atoms with E-state index in [1.807, 2.05) is 0 Å². The molecule has 0 heterocycles. The van der Waals surface area contributed by atoms with Gasteiger partial charge in [-0.05, 0) is 30.7 Å². The molecule has 7 heteroatoms. The Kier molecular flexibility index (Phi) is 5.11. The minimum absolute atomic E-state index is 0.00514. The zero-order valence-electron chi connectivity index (χ0n) is 10.8. The molecule has 0 bridgehead atoms. The highest BCUT2D eigenvalue weighted by Crippen LogP contribution is 2.33. The minimum Gasteiger partial charge on any atom is -0.330 e. The average molecular weight is 285 g/mol. The van der Waals surface area contributed by atoms with Gasteiger partial charge in [-0.15, -0.1) is 0 Å². The molecule has 1 aromatic carbocycles. The van der Waals surface area contributed by atoms with Crippen molar-refractivity contribution >= 4 is 11.6 Å². The molecule has 1 rings (SSSR count). The topological polar surface area (TPSA) is 78.9 Å². The first-order valence-corrected chi connectivity index (χ1v) is 5.89. The van der Waals surface area contributed by atoms with Gasteiger partial charge in [-0.2, -0.15) is 18.4 Å². The number of anilines is 1. The van der Waals surface area contributed by atoms with Gasteiger partial charge >= 0.3 is 6.18 Å². The summed E-state index contributed by atoms with van der Waals surface area (Å²) in [5.74, 6) is -0.476. The monoisotopic (exact) mass is 285 g/mol. The van der Waals surface area contributed by atoms with E-state index in [1.165, 1.54) is 12.1 Å². The molecule has 3 N–H and O–H groups in total. The Bertz CT molecular complexity index is 535. The maximum absolute atomic E-state index is 12.7. The lowest BCUT2D eigenvalue weighted by Crippen LogP contribution is -2.20. The third-order valence-corrected chi connectivity index (χ3v) is 2.67.